The van der Waals surface area contributed by atoms with E-state index >= 15 is 0 Å². The average molecular weight is 304 g/mol. The highest BCUT2D eigenvalue weighted by molar-refractivity contribution is 5.80. The van der Waals surface area contributed by atoms with Crippen LogP contribution in [0.25, 0.3) is 0 Å². The molecular weight excluding hydrogens is 272 g/mol. The maximum atomic E-state index is 12.2. The zero-order valence-corrected chi connectivity index (χ0v) is 14.9. The molecule has 2 heteroatoms. The summed E-state index contributed by atoms with van der Waals surface area (Å²) < 4.78 is 5.98. The Bertz CT molecular complexity index is 472. The minimum Gasteiger partial charge on any atom is -0.366 e. The molecule has 2 rings (SSSR count). The van der Waals surface area contributed by atoms with Crippen molar-refractivity contribution in [2.75, 3.05) is 0 Å². The molecule has 0 N–H and O–H groups in total. The van der Waals surface area contributed by atoms with Crippen molar-refractivity contribution < 1.29 is 9.53 Å². The van der Waals surface area contributed by atoms with Crippen molar-refractivity contribution in [1.29, 1.82) is 0 Å². The predicted molar refractivity (Wildman–Crippen MR) is 91.8 cm³/mol. The van der Waals surface area contributed by atoms with Gasteiger partial charge in [0.1, 0.15) is 5.78 Å². The van der Waals surface area contributed by atoms with E-state index in [4.69, 9.17) is 4.74 Å². The van der Waals surface area contributed by atoms with Crippen molar-refractivity contribution in [2.45, 2.75) is 84.8 Å². The molecule has 1 aliphatic heterocycles. The summed E-state index contributed by atoms with van der Waals surface area (Å²) in [5.41, 5.74) is 2.72. The van der Waals surface area contributed by atoms with E-state index in [1.807, 2.05) is 0 Å². The lowest BCUT2D eigenvalue weighted by molar-refractivity contribution is -0.119. The first-order valence-electron chi connectivity index (χ1n) is 8.86. The van der Waals surface area contributed by atoms with Gasteiger partial charge in [-0.2, -0.15) is 0 Å². The molecule has 2 aliphatic rings. The Morgan fingerprint density at radius 2 is 2.00 bits per heavy atom. The van der Waals surface area contributed by atoms with Crippen LogP contribution in [-0.2, 0) is 9.53 Å². The van der Waals surface area contributed by atoms with Crippen LogP contribution in [0.4, 0.5) is 0 Å². The number of rotatable bonds is 1. The van der Waals surface area contributed by atoms with E-state index in [0.717, 1.165) is 25.7 Å². The van der Waals surface area contributed by atoms with Crippen molar-refractivity contribution in [1.82, 2.24) is 0 Å². The van der Waals surface area contributed by atoms with Gasteiger partial charge in [0.25, 0.3) is 0 Å². The van der Waals surface area contributed by atoms with Gasteiger partial charge in [-0.25, -0.2) is 0 Å². The highest BCUT2D eigenvalue weighted by Gasteiger charge is 2.50. The fourth-order valence-electron chi connectivity index (χ4n) is 3.45. The van der Waals surface area contributed by atoms with E-state index in [1.54, 1.807) is 0 Å². The summed E-state index contributed by atoms with van der Waals surface area (Å²) in [6, 6.07) is 0. The largest absolute Gasteiger partial charge is 0.366 e. The highest BCUT2D eigenvalue weighted by Crippen LogP contribution is 2.44. The van der Waals surface area contributed by atoms with Crippen molar-refractivity contribution in [3.05, 3.63) is 23.3 Å². The summed E-state index contributed by atoms with van der Waals surface area (Å²) in [7, 11) is 0. The van der Waals surface area contributed by atoms with Crippen molar-refractivity contribution in [3.8, 4) is 0 Å². The molecular formula is C20H32O2. The van der Waals surface area contributed by atoms with Gasteiger partial charge >= 0.3 is 0 Å². The van der Waals surface area contributed by atoms with E-state index in [1.165, 1.54) is 11.1 Å². The molecule has 0 aromatic carbocycles. The zero-order chi connectivity index (χ0) is 16.3. The third-order valence-corrected chi connectivity index (χ3v) is 5.24. The fourth-order valence-corrected chi connectivity index (χ4v) is 3.45. The SMILES string of the molecule is C/C1=C\C=C(/C(C)C)CC[C@]2(C)O[C@H]2CC[C@H](C)CC(=O)C1. The molecule has 0 radical (unpaired) electrons. The molecule has 1 saturated heterocycles. The Kier molecular flexibility index (Phi) is 5.65. The van der Waals surface area contributed by atoms with Gasteiger partial charge in [0.05, 0.1) is 11.7 Å². The van der Waals surface area contributed by atoms with Crippen molar-refractivity contribution in [2.24, 2.45) is 11.8 Å². The lowest BCUT2D eigenvalue weighted by Gasteiger charge is -2.15. The molecule has 2 nitrogen and oxygen atoms in total. The number of ketones is 1. The molecule has 1 heterocycles. The van der Waals surface area contributed by atoms with Crippen LogP contribution >= 0.6 is 0 Å². The summed E-state index contributed by atoms with van der Waals surface area (Å²) in [6.07, 6.45) is 10.5. The van der Waals surface area contributed by atoms with Gasteiger partial charge in [-0.15, -0.1) is 0 Å². The van der Waals surface area contributed by atoms with Crippen LogP contribution in [0.5, 0.6) is 0 Å². The summed E-state index contributed by atoms with van der Waals surface area (Å²) in [4.78, 5) is 12.2. The third-order valence-electron chi connectivity index (χ3n) is 5.24. The topological polar surface area (TPSA) is 29.6 Å². The third kappa shape index (κ3) is 4.81. The molecule has 0 unspecified atom stereocenters. The number of hydrogen-bond donors (Lipinski definition) is 0. The van der Waals surface area contributed by atoms with Gasteiger partial charge in [0.15, 0.2) is 0 Å². The molecule has 124 valence electrons. The summed E-state index contributed by atoms with van der Waals surface area (Å²) >= 11 is 0. The standard InChI is InChI=1S/C20H32O2/c1-14(2)17-8-6-15(3)12-18(21)13-16(4)7-9-19-20(5,22-19)11-10-17/h6,8,14,16,19H,7,9-13H2,1-5H3/b15-6+,17-8-/t16-,19-,20-/m0/s1. The summed E-state index contributed by atoms with van der Waals surface area (Å²) in [6.45, 7) is 11.0. The van der Waals surface area contributed by atoms with Crippen LogP contribution in [0.3, 0.4) is 0 Å². The Balaban J connectivity index is 2.14. The lowest BCUT2D eigenvalue weighted by Crippen LogP contribution is -2.13. The van der Waals surface area contributed by atoms with Gasteiger partial charge in [-0.3, -0.25) is 4.79 Å². The Morgan fingerprint density at radius 3 is 2.68 bits per heavy atom. The van der Waals surface area contributed by atoms with Gasteiger partial charge in [-0.05, 0) is 51.4 Å². The van der Waals surface area contributed by atoms with E-state index in [0.29, 0.717) is 36.6 Å². The number of Topliss-reactive ketones (excluding diaryl/α,β-unsaturated/α-hetero) is 1. The quantitative estimate of drug-likeness (QED) is 0.621. The summed E-state index contributed by atoms with van der Waals surface area (Å²) in [5.74, 6) is 1.39. The molecule has 0 spiro atoms. The molecule has 0 aromatic rings. The smallest absolute Gasteiger partial charge is 0.137 e. The van der Waals surface area contributed by atoms with Crippen LogP contribution < -0.4 is 0 Å². The van der Waals surface area contributed by atoms with Crippen LogP contribution in [0.15, 0.2) is 23.3 Å². The number of ether oxygens (including phenoxy) is 1. The fraction of sp³-hybridized carbons (Fsp3) is 0.750. The molecule has 0 bridgehead atoms. The average Bonchev–Trinajstić information content (AvgIpc) is 3.06. The number of carbonyl (C=O) groups excluding carboxylic acids is 1. The van der Waals surface area contributed by atoms with Gasteiger partial charge in [0, 0.05) is 12.8 Å². The first-order valence-corrected chi connectivity index (χ1v) is 8.86. The minimum absolute atomic E-state index is 0.0700. The molecule has 1 aliphatic carbocycles. The second-order valence-electron chi connectivity index (χ2n) is 7.93. The van der Waals surface area contributed by atoms with Gasteiger partial charge in [0.2, 0.25) is 0 Å². The first-order chi connectivity index (χ1) is 10.3. The van der Waals surface area contributed by atoms with Crippen LogP contribution in [0, 0.1) is 11.8 Å². The van der Waals surface area contributed by atoms with Crippen LogP contribution in [-0.4, -0.2) is 17.5 Å². The maximum Gasteiger partial charge on any atom is 0.137 e. The maximum absolute atomic E-state index is 12.2. The number of fused-ring (bicyclic) bond motifs is 1. The monoisotopic (exact) mass is 304 g/mol. The Labute approximate surface area is 136 Å². The lowest BCUT2D eigenvalue weighted by atomic mass is 9.88. The number of carbonyl (C=O) groups is 1. The number of hydrogen-bond acceptors (Lipinski definition) is 2. The van der Waals surface area contributed by atoms with Crippen LogP contribution in [0.2, 0.25) is 0 Å². The van der Waals surface area contributed by atoms with E-state index < -0.39 is 0 Å². The zero-order valence-electron chi connectivity index (χ0n) is 14.9. The Morgan fingerprint density at radius 1 is 1.27 bits per heavy atom. The minimum atomic E-state index is 0.0700. The van der Waals surface area contributed by atoms with Crippen molar-refractivity contribution >= 4 is 5.78 Å². The van der Waals surface area contributed by atoms with E-state index in [-0.39, 0.29) is 5.60 Å². The van der Waals surface area contributed by atoms with Gasteiger partial charge in [-0.1, -0.05) is 44.1 Å². The first kappa shape index (κ1) is 17.5. The molecule has 22 heavy (non-hydrogen) atoms. The molecule has 0 saturated carbocycles. The molecule has 0 amide bonds. The summed E-state index contributed by atoms with van der Waals surface area (Å²) in [5, 5.41) is 0. The van der Waals surface area contributed by atoms with Crippen LogP contribution in [0.1, 0.15) is 73.1 Å². The second kappa shape index (κ2) is 7.12. The van der Waals surface area contributed by atoms with Crippen molar-refractivity contribution in [3.63, 3.8) is 0 Å². The second-order valence-corrected chi connectivity index (χ2v) is 7.93. The molecule has 1 fully saturated rings. The Hall–Kier alpha value is -0.890. The number of epoxide rings is 1. The normalized spacial score (nSPS) is 39.3. The highest BCUT2D eigenvalue weighted by atomic mass is 16.6. The number of allylic oxidation sites excluding steroid dienone is 4. The molecule has 0 aromatic heterocycles. The molecule has 3 atom stereocenters. The van der Waals surface area contributed by atoms with E-state index in [2.05, 4.69) is 46.8 Å². The van der Waals surface area contributed by atoms with E-state index in [9.17, 15) is 4.79 Å². The van der Waals surface area contributed by atoms with Gasteiger partial charge < -0.3 is 4.74 Å². The predicted octanol–water partition coefficient (Wildman–Crippen LogP) is 5.23.